The smallest absolute Gasteiger partial charge is 0.252 e. The van der Waals surface area contributed by atoms with Gasteiger partial charge in [0.2, 0.25) is 5.78 Å². The van der Waals surface area contributed by atoms with Crippen molar-refractivity contribution >= 4 is 22.6 Å². The van der Waals surface area contributed by atoms with Crippen LogP contribution in [0, 0.1) is 0 Å². The van der Waals surface area contributed by atoms with E-state index in [4.69, 9.17) is 4.74 Å². The number of piperazine rings is 1. The summed E-state index contributed by atoms with van der Waals surface area (Å²) in [5.41, 5.74) is 2.72. The van der Waals surface area contributed by atoms with Crippen LogP contribution in [-0.4, -0.2) is 60.5 Å². The number of hydrogen-bond donors (Lipinski definition) is 2. The zero-order valence-corrected chi connectivity index (χ0v) is 17.5. The number of aromatic nitrogens is 1. The molecule has 3 aromatic rings. The first-order chi connectivity index (χ1) is 15.2. The molecule has 1 amide bonds. The first-order valence-electron chi connectivity index (χ1n) is 11.1. The van der Waals surface area contributed by atoms with E-state index >= 15 is 0 Å². The van der Waals surface area contributed by atoms with Gasteiger partial charge >= 0.3 is 0 Å². The predicted octanol–water partition coefficient (Wildman–Crippen LogP) is 2.00. The van der Waals surface area contributed by atoms with Gasteiger partial charge in [0, 0.05) is 34.8 Å². The number of benzene rings is 2. The molecule has 2 aliphatic heterocycles. The zero-order valence-electron chi connectivity index (χ0n) is 17.5. The number of carbonyl (C=O) groups is 2. The van der Waals surface area contributed by atoms with Crippen LogP contribution < -0.4 is 4.90 Å². The second-order valence-electron chi connectivity index (χ2n) is 8.44. The number of ether oxygens (including phenoxy) is 1. The highest BCUT2D eigenvalue weighted by atomic mass is 16.5. The molecule has 1 aromatic heterocycles. The summed E-state index contributed by atoms with van der Waals surface area (Å²) in [5.74, 6) is 0.230. The Hall–Kier alpha value is -2.96. The van der Waals surface area contributed by atoms with Crippen molar-refractivity contribution in [3.8, 4) is 0 Å². The topological polar surface area (TPSA) is 66.8 Å². The van der Waals surface area contributed by atoms with Gasteiger partial charge in [-0.2, -0.15) is 0 Å². The lowest BCUT2D eigenvalue weighted by Crippen LogP contribution is -3.15. The summed E-state index contributed by atoms with van der Waals surface area (Å²) >= 11 is 0. The number of carbonyl (C=O) groups excluding carboxylic acids is 2. The Kier molecular flexibility index (Phi) is 5.57. The molecule has 0 saturated carbocycles. The van der Waals surface area contributed by atoms with Crippen molar-refractivity contribution < 1.29 is 19.2 Å². The maximum Gasteiger partial charge on any atom is 0.252 e. The number of para-hydroxylation sites is 1. The first-order valence-corrected chi connectivity index (χ1v) is 11.1. The van der Waals surface area contributed by atoms with E-state index in [2.05, 4.69) is 4.98 Å². The highest BCUT2D eigenvalue weighted by Crippen LogP contribution is 2.24. The summed E-state index contributed by atoms with van der Waals surface area (Å²) in [6.45, 7) is 3.46. The molecule has 2 aromatic carbocycles. The molecule has 3 heterocycles. The molecule has 0 unspecified atom stereocenters. The number of quaternary nitrogens is 1. The van der Waals surface area contributed by atoms with Crippen LogP contribution in [0.5, 0.6) is 0 Å². The van der Waals surface area contributed by atoms with Crippen LogP contribution >= 0.6 is 0 Å². The van der Waals surface area contributed by atoms with E-state index in [1.54, 1.807) is 0 Å². The fourth-order valence-electron chi connectivity index (χ4n) is 4.93. The summed E-state index contributed by atoms with van der Waals surface area (Å²) < 4.78 is 5.58. The molecule has 31 heavy (non-hydrogen) atoms. The van der Waals surface area contributed by atoms with Gasteiger partial charge in [0.1, 0.15) is 6.10 Å². The largest absolute Gasteiger partial charge is 0.368 e. The summed E-state index contributed by atoms with van der Waals surface area (Å²) in [7, 11) is 0. The Bertz CT molecular complexity index is 1060. The normalized spacial score (nSPS) is 20.8. The lowest BCUT2D eigenvalue weighted by molar-refractivity contribution is -0.925. The number of Topliss-reactive ketones (excluding diaryl/α,β-unsaturated/α-hetero) is 1. The number of H-pyrrole nitrogens is 1. The number of rotatable bonds is 5. The number of nitrogens with zero attached hydrogens (tertiary/aromatic N) is 1. The van der Waals surface area contributed by atoms with Crippen LogP contribution in [0.3, 0.4) is 0 Å². The summed E-state index contributed by atoms with van der Waals surface area (Å²) in [6, 6.07) is 17.7. The molecule has 2 N–H and O–H groups in total. The Morgan fingerprint density at radius 3 is 2.52 bits per heavy atom. The molecule has 0 radical (unpaired) electrons. The number of fused-ring (bicyclic) bond motifs is 1. The fraction of sp³-hybridized carbons (Fsp3) is 0.360. The van der Waals surface area contributed by atoms with E-state index in [1.165, 1.54) is 4.90 Å². The van der Waals surface area contributed by atoms with Crippen molar-refractivity contribution in [2.24, 2.45) is 0 Å². The molecule has 160 valence electrons. The van der Waals surface area contributed by atoms with Crippen molar-refractivity contribution in [3.05, 3.63) is 71.9 Å². The molecule has 2 atom stereocenters. The third kappa shape index (κ3) is 3.89. The van der Waals surface area contributed by atoms with Crippen molar-refractivity contribution in [1.29, 1.82) is 0 Å². The summed E-state index contributed by atoms with van der Waals surface area (Å²) in [6.07, 6.45) is 3.33. The minimum absolute atomic E-state index is 0.107. The van der Waals surface area contributed by atoms with Crippen molar-refractivity contribution in [2.45, 2.75) is 25.0 Å². The van der Waals surface area contributed by atoms with E-state index in [9.17, 15) is 9.59 Å². The second kappa shape index (κ2) is 8.65. The highest BCUT2D eigenvalue weighted by Gasteiger charge is 2.38. The third-order valence-corrected chi connectivity index (χ3v) is 6.58. The lowest BCUT2D eigenvalue weighted by Gasteiger charge is -2.36. The van der Waals surface area contributed by atoms with Crippen LogP contribution in [0.2, 0.25) is 0 Å². The van der Waals surface area contributed by atoms with Crippen molar-refractivity contribution in [3.63, 3.8) is 0 Å². The molecule has 0 spiro atoms. The average molecular weight is 419 g/mol. The van der Waals surface area contributed by atoms with Crippen LogP contribution in [-0.2, 0) is 9.53 Å². The standard InChI is InChI=1S/C25H27N3O3/c29-24(20-17-26-21-10-5-4-9-19(20)21)23(18-7-2-1-3-8-18)27-12-14-28(15-13-27)25(30)22-11-6-16-31-22/h1-5,7-10,17,22-23,26H,6,11-16H2/p+1/t22-,23+/m1/s1. The van der Waals surface area contributed by atoms with Gasteiger partial charge in [0.15, 0.2) is 6.04 Å². The molecule has 6 nitrogen and oxygen atoms in total. The summed E-state index contributed by atoms with van der Waals surface area (Å²) in [5, 5.41) is 0.958. The predicted molar refractivity (Wildman–Crippen MR) is 118 cm³/mol. The molecular weight excluding hydrogens is 390 g/mol. The minimum Gasteiger partial charge on any atom is -0.368 e. The van der Waals surface area contributed by atoms with E-state index in [-0.39, 0.29) is 23.8 Å². The van der Waals surface area contributed by atoms with E-state index in [1.807, 2.05) is 65.7 Å². The number of ketones is 1. The van der Waals surface area contributed by atoms with E-state index in [0.29, 0.717) is 19.7 Å². The van der Waals surface area contributed by atoms with Crippen LogP contribution in [0.25, 0.3) is 10.9 Å². The molecule has 5 rings (SSSR count). The van der Waals surface area contributed by atoms with Crippen LogP contribution in [0.4, 0.5) is 0 Å². The van der Waals surface area contributed by atoms with Crippen molar-refractivity contribution in [2.75, 3.05) is 32.8 Å². The van der Waals surface area contributed by atoms with Crippen LogP contribution in [0.1, 0.15) is 34.8 Å². The average Bonchev–Trinajstić information content (AvgIpc) is 3.50. The maximum absolute atomic E-state index is 13.8. The molecule has 6 heteroatoms. The Morgan fingerprint density at radius 2 is 1.77 bits per heavy atom. The molecule has 2 aliphatic rings. The number of hydrogen-bond acceptors (Lipinski definition) is 3. The van der Waals surface area contributed by atoms with E-state index in [0.717, 1.165) is 48.0 Å². The molecule has 0 bridgehead atoms. The van der Waals surface area contributed by atoms with E-state index < -0.39 is 0 Å². The van der Waals surface area contributed by atoms with Gasteiger partial charge in [0.05, 0.1) is 26.2 Å². The molecule has 0 aliphatic carbocycles. The van der Waals surface area contributed by atoms with Gasteiger partial charge < -0.3 is 19.5 Å². The highest BCUT2D eigenvalue weighted by molar-refractivity contribution is 6.10. The lowest BCUT2D eigenvalue weighted by atomic mass is 9.95. The second-order valence-corrected chi connectivity index (χ2v) is 8.44. The monoisotopic (exact) mass is 418 g/mol. The summed E-state index contributed by atoms with van der Waals surface area (Å²) in [4.78, 5) is 32.9. The molecule has 2 fully saturated rings. The van der Waals surface area contributed by atoms with Gasteiger partial charge in [-0.05, 0) is 18.9 Å². The fourth-order valence-corrected chi connectivity index (χ4v) is 4.93. The Balaban J connectivity index is 1.39. The van der Waals surface area contributed by atoms with Gasteiger partial charge in [-0.1, -0.05) is 48.5 Å². The quantitative estimate of drug-likeness (QED) is 0.623. The zero-order chi connectivity index (χ0) is 21.2. The number of amides is 1. The molecule has 2 saturated heterocycles. The van der Waals surface area contributed by atoms with Gasteiger partial charge in [-0.25, -0.2) is 0 Å². The SMILES string of the molecule is O=C(c1c[nH]c2ccccc12)[C@H](c1ccccc1)[NH+]1CCN(C(=O)[C@H]2CCCO2)CC1. The Labute approximate surface area is 181 Å². The van der Waals surface area contributed by atoms with Crippen LogP contribution in [0.15, 0.2) is 60.8 Å². The third-order valence-electron chi connectivity index (χ3n) is 6.58. The van der Waals surface area contributed by atoms with Gasteiger partial charge in [-0.3, -0.25) is 9.59 Å². The minimum atomic E-state index is -0.291. The number of aromatic amines is 1. The molecular formula is C25H28N3O3+. The first kappa shape index (κ1) is 20.0. The maximum atomic E-state index is 13.8. The van der Waals surface area contributed by atoms with Gasteiger partial charge in [0.25, 0.3) is 5.91 Å². The Morgan fingerprint density at radius 1 is 1.03 bits per heavy atom. The van der Waals surface area contributed by atoms with Gasteiger partial charge in [-0.15, -0.1) is 0 Å². The number of nitrogens with one attached hydrogen (secondary N) is 2. The van der Waals surface area contributed by atoms with Crippen molar-refractivity contribution in [1.82, 2.24) is 9.88 Å².